The Morgan fingerprint density at radius 3 is 2.95 bits per heavy atom. The second kappa shape index (κ2) is 7.41. The van der Waals surface area contributed by atoms with Crippen molar-refractivity contribution in [2.75, 3.05) is 13.1 Å². The highest BCUT2D eigenvalue weighted by molar-refractivity contribution is 7.12. The number of hydrogen-bond acceptors (Lipinski definition) is 3. The molecule has 114 valence electrons. The second-order valence-corrected chi connectivity index (χ2v) is 6.29. The first-order valence-electron chi connectivity index (χ1n) is 7.39. The van der Waals surface area contributed by atoms with E-state index in [4.69, 9.17) is 5.11 Å². The molecule has 0 saturated carbocycles. The van der Waals surface area contributed by atoms with Crippen LogP contribution in [0.2, 0.25) is 0 Å². The van der Waals surface area contributed by atoms with Crippen molar-refractivity contribution in [3.05, 3.63) is 28.0 Å². The average molecular weight is 307 g/mol. The normalized spacial score (nSPS) is 19.7. The van der Waals surface area contributed by atoms with Gasteiger partial charge in [0.2, 0.25) is 0 Å². The Kier molecular flexibility index (Phi) is 5.56. The first kappa shape index (κ1) is 15.8. The zero-order chi connectivity index (χ0) is 15.2. The average Bonchev–Trinajstić information content (AvgIpc) is 2.80. The molecule has 2 heterocycles. The first-order valence-corrected chi connectivity index (χ1v) is 8.27. The van der Waals surface area contributed by atoms with Crippen LogP contribution < -0.4 is 0 Å². The van der Waals surface area contributed by atoms with Crippen LogP contribution in [0.15, 0.2) is 17.5 Å². The Balaban J connectivity index is 2.09. The van der Waals surface area contributed by atoms with E-state index in [1.165, 1.54) is 30.3 Å². The number of rotatable bonds is 4. The molecule has 1 aliphatic heterocycles. The summed E-state index contributed by atoms with van der Waals surface area (Å²) in [6.45, 7) is 3.81. The van der Waals surface area contributed by atoms with Crippen LogP contribution in [0.3, 0.4) is 0 Å². The maximum absolute atomic E-state index is 12.6. The van der Waals surface area contributed by atoms with Crippen LogP contribution in [-0.2, 0) is 4.79 Å². The third-order valence-corrected chi connectivity index (χ3v) is 4.93. The quantitative estimate of drug-likeness (QED) is 0.866. The number of hydrogen-bond donors (Lipinski definition) is 1. The summed E-state index contributed by atoms with van der Waals surface area (Å²) in [6.07, 6.45) is 7.06. The molecule has 1 amide bonds. The molecule has 1 aromatic rings. The summed E-state index contributed by atoms with van der Waals surface area (Å²) < 4.78 is 0. The van der Waals surface area contributed by atoms with E-state index in [-0.39, 0.29) is 5.91 Å². The summed E-state index contributed by atoms with van der Waals surface area (Å²) in [5.41, 5.74) is 0.698. The predicted octanol–water partition coefficient (Wildman–Crippen LogP) is 3.50. The van der Waals surface area contributed by atoms with Gasteiger partial charge in [-0.15, -0.1) is 11.3 Å². The summed E-state index contributed by atoms with van der Waals surface area (Å²) >= 11 is 1.38. The monoisotopic (exact) mass is 307 g/mol. The summed E-state index contributed by atoms with van der Waals surface area (Å²) in [6, 6.07) is 1.80. The second-order valence-electron chi connectivity index (χ2n) is 5.37. The van der Waals surface area contributed by atoms with E-state index in [1.54, 1.807) is 6.07 Å². The maximum Gasteiger partial charge on any atom is 0.328 e. The Morgan fingerprint density at radius 2 is 2.24 bits per heavy atom. The first-order chi connectivity index (χ1) is 10.1. The Hall–Kier alpha value is -1.62. The van der Waals surface area contributed by atoms with Crippen molar-refractivity contribution in [3.8, 4) is 0 Å². The van der Waals surface area contributed by atoms with Crippen LogP contribution in [0.25, 0.3) is 6.08 Å². The van der Waals surface area contributed by atoms with Gasteiger partial charge in [0, 0.05) is 19.2 Å². The fourth-order valence-electron chi connectivity index (χ4n) is 2.71. The smallest absolute Gasteiger partial charge is 0.328 e. The minimum absolute atomic E-state index is 0.0341. The molecule has 1 saturated heterocycles. The van der Waals surface area contributed by atoms with Crippen LogP contribution in [0.5, 0.6) is 0 Å². The lowest BCUT2D eigenvalue weighted by molar-refractivity contribution is -0.131. The molecule has 1 aliphatic rings. The molecular weight excluding hydrogens is 286 g/mol. The molecule has 4 nitrogen and oxygen atoms in total. The number of carboxylic acids is 1. The zero-order valence-corrected chi connectivity index (χ0v) is 13.1. The van der Waals surface area contributed by atoms with Crippen LogP contribution in [0.4, 0.5) is 0 Å². The molecule has 2 rings (SSSR count). The lowest BCUT2D eigenvalue weighted by atomic mass is 9.98. The maximum atomic E-state index is 12.6. The molecule has 0 aliphatic carbocycles. The number of nitrogens with zero attached hydrogens (tertiary/aromatic N) is 1. The fourth-order valence-corrected chi connectivity index (χ4v) is 3.56. The fraction of sp³-hybridized carbons (Fsp3) is 0.500. The standard InChI is InChI=1S/C16H21NO3S/c1-2-12-4-3-9-17(10-7-12)16(20)15-13(8-11-21-15)5-6-14(18)19/h5-6,8,11-12H,2-4,7,9-10H2,1H3,(H,18,19). The summed E-state index contributed by atoms with van der Waals surface area (Å²) in [5, 5.41) is 10.5. The summed E-state index contributed by atoms with van der Waals surface area (Å²) in [4.78, 5) is 25.8. The van der Waals surface area contributed by atoms with Gasteiger partial charge in [-0.3, -0.25) is 4.79 Å². The van der Waals surface area contributed by atoms with Crippen LogP contribution in [0.1, 0.15) is 47.8 Å². The van der Waals surface area contributed by atoms with Crippen LogP contribution >= 0.6 is 11.3 Å². The van der Waals surface area contributed by atoms with Crippen molar-refractivity contribution in [1.82, 2.24) is 4.90 Å². The number of carbonyl (C=O) groups excluding carboxylic acids is 1. The SMILES string of the molecule is CCC1CCCN(C(=O)c2sccc2C=CC(=O)O)CC1. The van der Waals surface area contributed by atoms with E-state index in [1.807, 2.05) is 10.3 Å². The van der Waals surface area contributed by atoms with Crippen LogP contribution in [-0.4, -0.2) is 35.0 Å². The number of carboxylic acid groups (broad SMARTS) is 1. The molecule has 5 heteroatoms. The molecule has 21 heavy (non-hydrogen) atoms. The highest BCUT2D eigenvalue weighted by Gasteiger charge is 2.22. The Morgan fingerprint density at radius 1 is 1.43 bits per heavy atom. The molecule has 0 radical (unpaired) electrons. The highest BCUT2D eigenvalue weighted by atomic mass is 32.1. The van der Waals surface area contributed by atoms with Crippen molar-refractivity contribution in [2.45, 2.75) is 32.6 Å². The zero-order valence-electron chi connectivity index (χ0n) is 12.2. The highest BCUT2D eigenvalue weighted by Crippen LogP contribution is 2.25. The molecule has 1 fully saturated rings. The van der Waals surface area contributed by atoms with E-state index < -0.39 is 5.97 Å². The van der Waals surface area contributed by atoms with Gasteiger partial charge in [0.25, 0.3) is 5.91 Å². The number of aliphatic carboxylic acids is 1. The Bertz CT molecular complexity index is 535. The number of likely N-dealkylation sites (tertiary alicyclic amines) is 1. The van der Waals surface area contributed by atoms with Crippen molar-refractivity contribution in [3.63, 3.8) is 0 Å². The third kappa shape index (κ3) is 4.17. The molecule has 0 aromatic carbocycles. The predicted molar refractivity (Wildman–Crippen MR) is 84.5 cm³/mol. The van der Waals surface area contributed by atoms with E-state index in [0.29, 0.717) is 10.4 Å². The molecular formula is C16H21NO3S. The van der Waals surface area contributed by atoms with E-state index in [9.17, 15) is 9.59 Å². The van der Waals surface area contributed by atoms with E-state index >= 15 is 0 Å². The van der Waals surface area contributed by atoms with Crippen LogP contribution in [0, 0.1) is 5.92 Å². The third-order valence-electron chi connectivity index (χ3n) is 4.01. The van der Waals surface area contributed by atoms with Crippen molar-refractivity contribution in [2.24, 2.45) is 5.92 Å². The number of thiophene rings is 1. The van der Waals surface area contributed by atoms with Gasteiger partial charge in [0.1, 0.15) is 0 Å². The van der Waals surface area contributed by atoms with Crippen molar-refractivity contribution < 1.29 is 14.7 Å². The van der Waals surface area contributed by atoms with E-state index in [0.717, 1.165) is 37.9 Å². The van der Waals surface area contributed by atoms with Crippen molar-refractivity contribution >= 4 is 29.3 Å². The molecule has 1 unspecified atom stereocenters. The molecule has 0 bridgehead atoms. The van der Waals surface area contributed by atoms with Gasteiger partial charge in [-0.05, 0) is 48.3 Å². The van der Waals surface area contributed by atoms with E-state index in [2.05, 4.69) is 6.92 Å². The van der Waals surface area contributed by atoms with Gasteiger partial charge >= 0.3 is 5.97 Å². The largest absolute Gasteiger partial charge is 0.478 e. The lowest BCUT2D eigenvalue weighted by Gasteiger charge is -2.20. The minimum Gasteiger partial charge on any atom is -0.478 e. The molecule has 1 atom stereocenters. The Labute approximate surface area is 129 Å². The summed E-state index contributed by atoms with van der Waals surface area (Å²) in [7, 11) is 0. The topological polar surface area (TPSA) is 57.6 Å². The van der Waals surface area contributed by atoms with Gasteiger partial charge < -0.3 is 10.0 Å². The molecule has 1 aromatic heterocycles. The van der Waals surface area contributed by atoms with Gasteiger partial charge in [0.05, 0.1) is 4.88 Å². The van der Waals surface area contributed by atoms with Gasteiger partial charge in [0.15, 0.2) is 0 Å². The summed E-state index contributed by atoms with van der Waals surface area (Å²) in [5.74, 6) is -0.246. The van der Waals surface area contributed by atoms with Gasteiger partial charge in [-0.25, -0.2) is 4.79 Å². The molecule has 1 N–H and O–H groups in total. The number of amides is 1. The lowest BCUT2D eigenvalue weighted by Crippen LogP contribution is -2.31. The molecule has 0 spiro atoms. The van der Waals surface area contributed by atoms with Crippen molar-refractivity contribution in [1.29, 1.82) is 0 Å². The minimum atomic E-state index is -1.000. The van der Waals surface area contributed by atoms with Gasteiger partial charge in [-0.1, -0.05) is 13.3 Å². The number of carbonyl (C=O) groups is 2. The van der Waals surface area contributed by atoms with Gasteiger partial charge in [-0.2, -0.15) is 0 Å².